The number of allylic oxidation sites excluding steroid dienone is 10. The Kier molecular flexibility index (Phi) is 14.1. The average molecular weight is 1100 g/mol. The van der Waals surface area contributed by atoms with Crippen molar-refractivity contribution in [2.45, 2.75) is 111 Å². The molecular formula is C80H76F2N2. The Morgan fingerprint density at radius 3 is 1.32 bits per heavy atom. The van der Waals surface area contributed by atoms with E-state index in [0.717, 1.165) is 73.0 Å². The molecule has 4 aliphatic rings. The molecule has 0 bridgehead atoms. The van der Waals surface area contributed by atoms with E-state index < -0.39 is 0 Å². The molecule has 2 unspecified atom stereocenters. The molecule has 4 heteroatoms. The van der Waals surface area contributed by atoms with Crippen LogP contribution in [-0.4, -0.2) is 6.04 Å². The summed E-state index contributed by atoms with van der Waals surface area (Å²) in [7, 11) is 0. The van der Waals surface area contributed by atoms with Gasteiger partial charge in [-0.25, -0.2) is 8.78 Å². The molecule has 0 fully saturated rings. The third-order valence-corrected chi connectivity index (χ3v) is 17.3. The predicted molar refractivity (Wildman–Crippen MR) is 351 cm³/mol. The largest absolute Gasteiger partial charge is 0.330 e. The van der Waals surface area contributed by atoms with Crippen LogP contribution in [0.25, 0.3) is 44.5 Å². The van der Waals surface area contributed by atoms with Crippen LogP contribution in [0.2, 0.25) is 0 Å². The summed E-state index contributed by atoms with van der Waals surface area (Å²) in [5.74, 6) is -0.701. The Morgan fingerprint density at radius 2 is 0.821 bits per heavy atom. The van der Waals surface area contributed by atoms with Gasteiger partial charge in [0.25, 0.3) is 0 Å². The zero-order valence-electron chi connectivity index (χ0n) is 50.7. The minimum atomic E-state index is -0.292. The molecule has 0 saturated carbocycles. The van der Waals surface area contributed by atoms with Gasteiger partial charge in [-0.2, -0.15) is 0 Å². The van der Waals surface area contributed by atoms with Crippen molar-refractivity contribution in [1.82, 2.24) is 0 Å². The van der Waals surface area contributed by atoms with Crippen LogP contribution in [0.15, 0.2) is 264 Å². The predicted octanol–water partition coefficient (Wildman–Crippen LogP) is 21.9. The Bertz CT molecular complexity index is 4120. The van der Waals surface area contributed by atoms with E-state index in [1.807, 2.05) is 24.3 Å². The van der Waals surface area contributed by atoms with Crippen LogP contribution in [0, 0.1) is 17.6 Å². The molecule has 0 spiro atoms. The van der Waals surface area contributed by atoms with Crippen LogP contribution in [-0.2, 0) is 21.7 Å². The van der Waals surface area contributed by atoms with Crippen LogP contribution in [0.4, 0.5) is 31.5 Å². The molecule has 8 aromatic carbocycles. The lowest BCUT2D eigenvalue weighted by molar-refractivity contribution is 0.591. The van der Waals surface area contributed by atoms with E-state index in [1.165, 1.54) is 50.1 Å². The number of hydrogen-bond donors (Lipinski definition) is 0. The van der Waals surface area contributed by atoms with Gasteiger partial charge in [-0.05, 0) is 184 Å². The number of hydrogen-bond acceptors (Lipinski definition) is 2. The fourth-order valence-electron chi connectivity index (χ4n) is 13.3. The van der Waals surface area contributed by atoms with Crippen molar-refractivity contribution in [3.8, 4) is 44.5 Å². The maximum Gasteiger partial charge on any atom is 0.123 e. The van der Waals surface area contributed by atoms with E-state index in [-0.39, 0.29) is 45.3 Å². The maximum atomic E-state index is 15.3. The lowest BCUT2D eigenvalue weighted by Crippen LogP contribution is -2.37. The van der Waals surface area contributed by atoms with Gasteiger partial charge in [-0.15, -0.1) is 0 Å². The second-order valence-corrected chi connectivity index (χ2v) is 27.2. The topological polar surface area (TPSA) is 6.48 Å². The molecule has 420 valence electrons. The average Bonchev–Trinajstić information content (AvgIpc) is 1.26. The van der Waals surface area contributed by atoms with Crippen molar-refractivity contribution < 1.29 is 8.78 Å². The minimum absolute atomic E-state index is 0.0908. The minimum Gasteiger partial charge on any atom is -0.330 e. The number of anilines is 4. The molecule has 0 amide bonds. The summed E-state index contributed by atoms with van der Waals surface area (Å²) < 4.78 is 30.5. The van der Waals surface area contributed by atoms with E-state index in [9.17, 15) is 0 Å². The highest BCUT2D eigenvalue weighted by atomic mass is 19.1. The SMILES string of the molecule is CC(C)(C)c1ccccc1-c1ccc(N(C2=C3C=CC4=C5C(=CC=C(C=C2)C35)C(N(c2ccc(F)cc2)c2ccc(-c3ccccc3C(C)(C)C)cc2-c2ccccc2C(C)(C)C)C=C4)c2ccc(F)cc2)c(-c2ccccc2C(C)(C)C)c1. The Balaban J connectivity index is 1.05. The lowest BCUT2D eigenvalue weighted by atomic mass is 9.67. The Labute approximate surface area is 498 Å². The monoisotopic (exact) mass is 1100 g/mol. The van der Waals surface area contributed by atoms with Crippen molar-refractivity contribution in [3.63, 3.8) is 0 Å². The van der Waals surface area contributed by atoms with Crippen LogP contribution in [0.3, 0.4) is 0 Å². The summed E-state index contributed by atoms with van der Waals surface area (Å²) in [6, 6.07) is 62.8. The van der Waals surface area contributed by atoms with Crippen LogP contribution in [0.1, 0.15) is 105 Å². The second-order valence-electron chi connectivity index (χ2n) is 27.2. The van der Waals surface area contributed by atoms with Crippen molar-refractivity contribution in [3.05, 3.63) is 298 Å². The van der Waals surface area contributed by atoms with Gasteiger partial charge in [-0.1, -0.05) is 235 Å². The summed E-state index contributed by atoms with van der Waals surface area (Å²) >= 11 is 0. The smallest absolute Gasteiger partial charge is 0.123 e. The number of nitrogens with zero attached hydrogens (tertiary/aromatic N) is 2. The molecule has 8 aromatic rings. The molecule has 0 radical (unpaired) electrons. The summed E-state index contributed by atoms with van der Waals surface area (Å²) in [5.41, 5.74) is 24.4. The van der Waals surface area contributed by atoms with Gasteiger partial charge in [0.15, 0.2) is 0 Å². The van der Waals surface area contributed by atoms with Crippen LogP contribution >= 0.6 is 0 Å². The third-order valence-electron chi connectivity index (χ3n) is 17.3. The quantitative estimate of drug-likeness (QED) is 0.135. The third kappa shape index (κ3) is 10.3. The van der Waals surface area contributed by atoms with Gasteiger partial charge in [0, 0.05) is 34.1 Å². The van der Waals surface area contributed by atoms with Gasteiger partial charge >= 0.3 is 0 Å². The zero-order chi connectivity index (χ0) is 59.0. The molecule has 0 aromatic heterocycles. The van der Waals surface area contributed by atoms with Crippen molar-refractivity contribution in [2.24, 2.45) is 5.92 Å². The second kappa shape index (κ2) is 21.2. The van der Waals surface area contributed by atoms with E-state index in [4.69, 9.17) is 0 Å². The first-order chi connectivity index (χ1) is 40.0. The number of rotatable bonds is 10. The summed E-state index contributed by atoms with van der Waals surface area (Å²) in [6.07, 6.45) is 18.4. The number of benzene rings is 8. The highest BCUT2D eigenvalue weighted by Gasteiger charge is 2.41. The first-order valence-corrected chi connectivity index (χ1v) is 29.8. The lowest BCUT2D eigenvalue weighted by Gasteiger charge is -2.44. The summed E-state index contributed by atoms with van der Waals surface area (Å²) in [6.45, 7) is 27.4. The first-order valence-electron chi connectivity index (χ1n) is 29.8. The van der Waals surface area contributed by atoms with Gasteiger partial charge < -0.3 is 9.80 Å². The van der Waals surface area contributed by atoms with Gasteiger partial charge in [-0.3, -0.25) is 0 Å². The number of halogens is 2. The summed E-state index contributed by atoms with van der Waals surface area (Å²) in [5, 5.41) is 0. The highest BCUT2D eigenvalue weighted by Crippen LogP contribution is 2.54. The standard InChI is InChI=1S/C80H76F2N2/c1-77(2,3)67-25-17-13-21-59(67)53-33-47-73(65(49-53)61-23-15-19-27-69(61)79(7,8)9)83(57-39-35-55(81)36-40-57)71-45-31-51-30-44-64-72(46-32-52-29-43-63(71)75(51)76(52)64)84(58-41-37-56(82)38-42-58)74-48-34-54(60-22-14-18-26-68(60)78(4,5)6)50-66(74)62-24-16-20-28-70(62)80(10,11)12/h13-50,71,76H,1-12H3. The molecule has 0 heterocycles. The molecular weight excluding hydrogens is 1030 g/mol. The molecule has 12 rings (SSSR count). The normalized spacial score (nSPS) is 16.6. The Hall–Kier alpha value is -8.60. The molecule has 2 nitrogen and oxygen atoms in total. The molecule has 0 N–H and O–H groups in total. The molecule has 84 heavy (non-hydrogen) atoms. The van der Waals surface area contributed by atoms with Gasteiger partial charge in [0.1, 0.15) is 11.6 Å². The zero-order valence-corrected chi connectivity index (χ0v) is 50.7. The fourth-order valence-corrected chi connectivity index (χ4v) is 13.3. The van der Waals surface area contributed by atoms with Crippen molar-refractivity contribution in [1.29, 1.82) is 0 Å². The molecule has 4 aliphatic carbocycles. The van der Waals surface area contributed by atoms with E-state index in [2.05, 4.69) is 275 Å². The van der Waals surface area contributed by atoms with E-state index in [1.54, 1.807) is 24.3 Å². The molecule has 0 aliphatic heterocycles. The van der Waals surface area contributed by atoms with Gasteiger partial charge in [0.05, 0.1) is 17.4 Å². The van der Waals surface area contributed by atoms with Crippen molar-refractivity contribution in [2.75, 3.05) is 9.80 Å². The highest BCUT2D eigenvalue weighted by molar-refractivity contribution is 5.93. The van der Waals surface area contributed by atoms with Crippen molar-refractivity contribution >= 4 is 22.7 Å². The van der Waals surface area contributed by atoms with E-state index in [0.29, 0.717) is 0 Å². The molecule has 2 atom stereocenters. The molecule has 0 saturated heterocycles. The van der Waals surface area contributed by atoms with Crippen LogP contribution < -0.4 is 9.80 Å². The summed E-state index contributed by atoms with van der Waals surface area (Å²) in [4.78, 5) is 4.80. The maximum absolute atomic E-state index is 15.3. The van der Waals surface area contributed by atoms with Crippen LogP contribution in [0.5, 0.6) is 0 Å². The van der Waals surface area contributed by atoms with Gasteiger partial charge in [0.2, 0.25) is 0 Å². The fraction of sp³-hybridized carbons (Fsp3) is 0.225. The van der Waals surface area contributed by atoms with E-state index >= 15 is 8.78 Å². The Morgan fingerprint density at radius 1 is 0.381 bits per heavy atom. The first kappa shape index (κ1) is 55.9.